The van der Waals surface area contributed by atoms with Gasteiger partial charge in [0, 0.05) is 18.6 Å². The van der Waals surface area contributed by atoms with Crippen molar-refractivity contribution in [3.05, 3.63) is 0 Å². The SMILES string of the molecule is CC(C)CN(C)C1(CN)CCCC(C)CC1. The topological polar surface area (TPSA) is 29.3 Å². The van der Waals surface area contributed by atoms with Gasteiger partial charge in [0.2, 0.25) is 0 Å². The van der Waals surface area contributed by atoms with Gasteiger partial charge < -0.3 is 5.73 Å². The van der Waals surface area contributed by atoms with Crippen molar-refractivity contribution in [2.24, 2.45) is 17.6 Å². The van der Waals surface area contributed by atoms with Crippen molar-refractivity contribution in [1.82, 2.24) is 4.90 Å². The van der Waals surface area contributed by atoms with Gasteiger partial charge in [0.25, 0.3) is 0 Å². The van der Waals surface area contributed by atoms with E-state index in [4.69, 9.17) is 5.73 Å². The third kappa shape index (κ3) is 3.46. The largest absolute Gasteiger partial charge is 0.329 e. The first-order valence-electron chi connectivity index (χ1n) is 6.91. The number of nitrogens with two attached hydrogens (primary N) is 1. The van der Waals surface area contributed by atoms with Crippen LogP contribution in [-0.2, 0) is 0 Å². The molecular formula is C14H30N2. The van der Waals surface area contributed by atoms with Gasteiger partial charge in [-0.1, -0.05) is 33.6 Å². The summed E-state index contributed by atoms with van der Waals surface area (Å²) in [5.74, 6) is 1.62. The van der Waals surface area contributed by atoms with Crippen LogP contribution in [0.1, 0.15) is 52.9 Å². The van der Waals surface area contributed by atoms with Crippen molar-refractivity contribution in [1.29, 1.82) is 0 Å². The van der Waals surface area contributed by atoms with E-state index in [0.29, 0.717) is 0 Å². The minimum absolute atomic E-state index is 0.287. The molecule has 0 bridgehead atoms. The second-order valence-corrected chi connectivity index (χ2v) is 6.24. The van der Waals surface area contributed by atoms with E-state index in [-0.39, 0.29) is 5.54 Å². The number of rotatable bonds is 4. The first kappa shape index (κ1) is 14.0. The lowest BCUT2D eigenvalue weighted by molar-refractivity contribution is 0.0936. The van der Waals surface area contributed by atoms with Crippen LogP contribution in [0.4, 0.5) is 0 Å². The number of hydrogen-bond acceptors (Lipinski definition) is 2. The van der Waals surface area contributed by atoms with E-state index in [9.17, 15) is 0 Å². The molecule has 1 aliphatic carbocycles. The monoisotopic (exact) mass is 226 g/mol. The molecule has 0 aromatic rings. The zero-order valence-electron chi connectivity index (χ0n) is 11.6. The Bertz CT molecular complexity index is 203. The molecule has 0 radical (unpaired) electrons. The first-order valence-corrected chi connectivity index (χ1v) is 6.91. The Balaban J connectivity index is 2.67. The summed E-state index contributed by atoms with van der Waals surface area (Å²) in [7, 11) is 2.27. The Morgan fingerprint density at radius 1 is 1.31 bits per heavy atom. The van der Waals surface area contributed by atoms with Crippen LogP contribution in [0.5, 0.6) is 0 Å². The molecule has 1 rings (SSSR count). The Labute approximate surface area is 102 Å². The van der Waals surface area contributed by atoms with Gasteiger partial charge in [-0.15, -0.1) is 0 Å². The van der Waals surface area contributed by atoms with Crippen LogP contribution in [0.15, 0.2) is 0 Å². The maximum atomic E-state index is 6.09. The molecule has 2 N–H and O–H groups in total. The molecule has 0 aliphatic heterocycles. The molecule has 1 aliphatic rings. The molecule has 1 saturated carbocycles. The number of hydrogen-bond donors (Lipinski definition) is 1. The molecule has 0 aromatic carbocycles. The zero-order valence-corrected chi connectivity index (χ0v) is 11.6. The molecule has 2 unspecified atom stereocenters. The van der Waals surface area contributed by atoms with Gasteiger partial charge in [-0.05, 0) is 38.1 Å². The molecule has 2 heteroatoms. The summed E-state index contributed by atoms with van der Waals surface area (Å²) in [5.41, 5.74) is 6.37. The van der Waals surface area contributed by atoms with Crippen molar-refractivity contribution in [3.8, 4) is 0 Å². The van der Waals surface area contributed by atoms with Crippen molar-refractivity contribution in [2.75, 3.05) is 20.1 Å². The molecule has 96 valence electrons. The smallest absolute Gasteiger partial charge is 0.0328 e. The van der Waals surface area contributed by atoms with Gasteiger partial charge in [-0.3, -0.25) is 4.90 Å². The van der Waals surface area contributed by atoms with Crippen LogP contribution in [0.25, 0.3) is 0 Å². The summed E-state index contributed by atoms with van der Waals surface area (Å²) in [6, 6.07) is 0. The van der Waals surface area contributed by atoms with Crippen molar-refractivity contribution >= 4 is 0 Å². The Morgan fingerprint density at radius 2 is 2.00 bits per heavy atom. The number of likely N-dealkylation sites (N-methyl/N-ethyl adjacent to an activating group) is 1. The normalized spacial score (nSPS) is 32.1. The molecule has 2 nitrogen and oxygen atoms in total. The maximum Gasteiger partial charge on any atom is 0.0328 e. The molecule has 0 heterocycles. The van der Waals surface area contributed by atoms with Crippen LogP contribution in [0.2, 0.25) is 0 Å². The fourth-order valence-electron chi connectivity index (χ4n) is 3.05. The van der Waals surface area contributed by atoms with E-state index < -0.39 is 0 Å². The Hall–Kier alpha value is -0.0800. The highest BCUT2D eigenvalue weighted by Gasteiger charge is 2.34. The van der Waals surface area contributed by atoms with Crippen LogP contribution in [0, 0.1) is 11.8 Å². The second-order valence-electron chi connectivity index (χ2n) is 6.24. The van der Waals surface area contributed by atoms with E-state index in [1.807, 2.05) is 0 Å². The third-order valence-corrected chi connectivity index (χ3v) is 4.27. The van der Waals surface area contributed by atoms with Crippen LogP contribution in [0.3, 0.4) is 0 Å². The van der Waals surface area contributed by atoms with Gasteiger partial charge >= 0.3 is 0 Å². The predicted octanol–water partition coefficient (Wildman–Crippen LogP) is 2.87. The highest BCUT2D eigenvalue weighted by atomic mass is 15.2. The summed E-state index contributed by atoms with van der Waals surface area (Å²) in [6.07, 6.45) is 6.66. The van der Waals surface area contributed by atoms with E-state index in [1.165, 1.54) is 38.6 Å². The molecule has 1 fully saturated rings. The van der Waals surface area contributed by atoms with Crippen LogP contribution in [-0.4, -0.2) is 30.6 Å². The summed E-state index contributed by atoms with van der Waals surface area (Å²) in [5, 5.41) is 0. The van der Waals surface area contributed by atoms with Crippen LogP contribution < -0.4 is 5.73 Å². The minimum Gasteiger partial charge on any atom is -0.329 e. The number of nitrogens with zero attached hydrogens (tertiary/aromatic N) is 1. The highest BCUT2D eigenvalue weighted by molar-refractivity contribution is 4.92. The second kappa shape index (κ2) is 6.02. The lowest BCUT2D eigenvalue weighted by Gasteiger charge is -2.42. The highest BCUT2D eigenvalue weighted by Crippen LogP contribution is 2.33. The maximum absolute atomic E-state index is 6.09. The average molecular weight is 226 g/mol. The fourth-order valence-corrected chi connectivity index (χ4v) is 3.05. The first-order chi connectivity index (χ1) is 7.50. The Kier molecular flexibility index (Phi) is 5.26. The van der Waals surface area contributed by atoms with Crippen molar-refractivity contribution in [2.45, 2.75) is 58.4 Å². The van der Waals surface area contributed by atoms with E-state index in [0.717, 1.165) is 18.4 Å². The summed E-state index contributed by atoms with van der Waals surface area (Å²) < 4.78 is 0. The minimum atomic E-state index is 0.287. The van der Waals surface area contributed by atoms with Gasteiger partial charge in [0.05, 0.1) is 0 Å². The molecule has 0 amide bonds. The zero-order chi connectivity index (χ0) is 12.2. The van der Waals surface area contributed by atoms with E-state index in [2.05, 4.69) is 32.7 Å². The molecule has 0 saturated heterocycles. The molecular weight excluding hydrogens is 196 g/mol. The predicted molar refractivity (Wildman–Crippen MR) is 71.5 cm³/mol. The van der Waals surface area contributed by atoms with E-state index in [1.54, 1.807) is 0 Å². The molecule has 16 heavy (non-hydrogen) atoms. The molecule has 0 spiro atoms. The van der Waals surface area contributed by atoms with Gasteiger partial charge in [-0.25, -0.2) is 0 Å². The van der Waals surface area contributed by atoms with Gasteiger partial charge in [0.1, 0.15) is 0 Å². The van der Waals surface area contributed by atoms with Gasteiger partial charge in [0.15, 0.2) is 0 Å². The summed E-state index contributed by atoms with van der Waals surface area (Å²) in [4.78, 5) is 2.54. The summed E-state index contributed by atoms with van der Waals surface area (Å²) >= 11 is 0. The Morgan fingerprint density at radius 3 is 2.56 bits per heavy atom. The van der Waals surface area contributed by atoms with Crippen molar-refractivity contribution in [3.63, 3.8) is 0 Å². The van der Waals surface area contributed by atoms with Crippen LogP contribution >= 0.6 is 0 Å². The average Bonchev–Trinajstić information content (AvgIpc) is 2.40. The quantitative estimate of drug-likeness (QED) is 0.747. The fraction of sp³-hybridized carbons (Fsp3) is 1.00. The third-order valence-electron chi connectivity index (χ3n) is 4.27. The molecule has 0 aromatic heterocycles. The van der Waals surface area contributed by atoms with E-state index >= 15 is 0 Å². The lowest BCUT2D eigenvalue weighted by Crippen LogP contribution is -2.52. The standard InChI is InChI=1S/C14H30N2/c1-12(2)10-16(4)14(11-15)8-5-6-13(3)7-9-14/h12-13H,5-11,15H2,1-4H3. The molecule has 2 atom stereocenters. The van der Waals surface area contributed by atoms with Gasteiger partial charge in [-0.2, -0.15) is 0 Å². The summed E-state index contributed by atoms with van der Waals surface area (Å²) in [6.45, 7) is 8.96. The van der Waals surface area contributed by atoms with Crippen molar-refractivity contribution < 1.29 is 0 Å². The lowest BCUT2D eigenvalue weighted by atomic mass is 9.87.